The summed E-state index contributed by atoms with van der Waals surface area (Å²) in [5.41, 5.74) is -14.9. The Kier molecular flexibility index (Phi) is 11.9. The Balaban J connectivity index is 2.38. The molecule has 1 N–H and O–H groups in total. The van der Waals surface area contributed by atoms with Gasteiger partial charge in [0.2, 0.25) is 5.41 Å². The highest BCUT2D eigenvalue weighted by atomic mass is 19.4. The summed E-state index contributed by atoms with van der Waals surface area (Å²) < 4.78 is 182. The average molecular weight is 743 g/mol. The molecular weight excluding hydrogens is 712 g/mol. The predicted octanol–water partition coefficient (Wildman–Crippen LogP) is 8.51. The first-order chi connectivity index (χ1) is 22.5. The maximum absolute atomic E-state index is 14.3. The molecule has 0 saturated heterocycles. The molecule has 19 heteroatoms. The number of ether oxygens (including phenoxy) is 3. The van der Waals surface area contributed by atoms with Crippen LogP contribution in [0.15, 0.2) is 48.5 Å². The number of hydrogen-bond donors (Lipinski definition) is 1. The van der Waals surface area contributed by atoms with E-state index in [9.17, 15) is 72.2 Å². The van der Waals surface area contributed by atoms with Crippen molar-refractivity contribution >= 4 is 17.9 Å². The highest BCUT2D eigenvalue weighted by molar-refractivity contribution is 5.86. The van der Waals surface area contributed by atoms with E-state index in [4.69, 9.17) is 4.74 Å². The van der Waals surface area contributed by atoms with Crippen LogP contribution in [0.25, 0.3) is 0 Å². The van der Waals surface area contributed by atoms with Crippen LogP contribution in [-0.4, -0.2) is 58.9 Å². The number of hydrogen-bond acceptors (Lipinski definition) is 7. The zero-order valence-electron chi connectivity index (χ0n) is 26.6. The Labute approximate surface area is 276 Å². The Bertz CT molecular complexity index is 1470. The second kappa shape index (κ2) is 14.2. The number of benzene rings is 2. The Hall–Kier alpha value is -4.19. The smallest absolute Gasteiger partial charge is 0.449 e. The summed E-state index contributed by atoms with van der Waals surface area (Å²) in [5.74, 6) is -11.2. The van der Waals surface area contributed by atoms with Crippen molar-refractivity contribution in [1.82, 2.24) is 0 Å². The molecule has 2 rings (SSSR count). The fourth-order valence-corrected chi connectivity index (χ4v) is 4.77. The number of carbonyl (C=O) groups is 3. The molecular formula is C31H30F12O7. The molecule has 2 unspecified atom stereocenters. The molecule has 280 valence electrons. The van der Waals surface area contributed by atoms with Gasteiger partial charge in [-0.3, -0.25) is 9.59 Å². The van der Waals surface area contributed by atoms with Crippen molar-refractivity contribution in [3.63, 3.8) is 0 Å². The van der Waals surface area contributed by atoms with E-state index in [-0.39, 0.29) is 6.42 Å². The van der Waals surface area contributed by atoms with Crippen LogP contribution in [-0.2, 0) is 29.3 Å². The third-order valence-electron chi connectivity index (χ3n) is 7.26. The Morgan fingerprint density at radius 3 is 1.44 bits per heavy atom. The van der Waals surface area contributed by atoms with Gasteiger partial charge in [0.25, 0.3) is 0 Å². The van der Waals surface area contributed by atoms with Gasteiger partial charge >= 0.3 is 48.2 Å². The lowest BCUT2D eigenvalue weighted by molar-refractivity contribution is -0.361. The summed E-state index contributed by atoms with van der Waals surface area (Å²) >= 11 is 0. The fourth-order valence-electron chi connectivity index (χ4n) is 4.77. The quantitative estimate of drug-likeness (QED) is 0.148. The van der Waals surface area contributed by atoms with E-state index in [2.05, 4.69) is 9.47 Å². The molecule has 0 aliphatic carbocycles. The second-order valence-corrected chi connectivity index (χ2v) is 12.1. The summed E-state index contributed by atoms with van der Waals surface area (Å²) in [4.78, 5) is 37.7. The summed E-state index contributed by atoms with van der Waals surface area (Å²) in [6, 6.07) is 3.95. The third kappa shape index (κ3) is 8.39. The van der Waals surface area contributed by atoms with Gasteiger partial charge in [0.15, 0.2) is 0 Å². The van der Waals surface area contributed by atoms with E-state index in [1.807, 2.05) is 0 Å². The first kappa shape index (κ1) is 42.0. The minimum absolute atomic E-state index is 0.281. The van der Waals surface area contributed by atoms with Gasteiger partial charge in [0.1, 0.15) is 17.1 Å². The highest BCUT2D eigenvalue weighted by Crippen LogP contribution is 2.56. The van der Waals surface area contributed by atoms with Crippen molar-refractivity contribution in [2.24, 2.45) is 11.8 Å². The number of alkyl halides is 12. The van der Waals surface area contributed by atoms with Crippen LogP contribution < -0.4 is 4.74 Å². The number of carbonyl (C=O) groups excluding carboxylic acids is 3. The van der Waals surface area contributed by atoms with Gasteiger partial charge in [-0.15, -0.1) is 0 Å². The van der Waals surface area contributed by atoms with Crippen LogP contribution in [0.5, 0.6) is 11.5 Å². The van der Waals surface area contributed by atoms with Crippen LogP contribution in [0.4, 0.5) is 52.7 Å². The van der Waals surface area contributed by atoms with E-state index in [0.717, 1.165) is 27.7 Å². The molecule has 0 aliphatic heterocycles. The van der Waals surface area contributed by atoms with E-state index in [0.29, 0.717) is 48.5 Å². The first-order valence-corrected chi connectivity index (χ1v) is 14.3. The lowest BCUT2D eigenvalue weighted by atomic mass is 9.73. The zero-order chi connectivity index (χ0) is 38.9. The van der Waals surface area contributed by atoms with Crippen LogP contribution in [0.1, 0.15) is 58.6 Å². The molecule has 0 spiro atoms. The molecule has 0 fully saturated rings. The molecule has 0 radical (unpaired) electrons. The maximum atomic E-state index is 14.3. The second-order valence-electron chi connectivity index (χ2n) is 12.1. The summed E-state index contributed by atoms with van der Waals surface area (Å²) in [6.45, 7) is 4.92. The Morgan fingerprint density at radius 2 is 1.08 bits per heavy atom. The van der Waals surface area contributed by atoms with Crippen LogP contribution in [0, 0.1) is 11.8 Å². The molecule has 0 heterocycles. The number of phenolic OH excluding ortho intramolecular Hbond substituents is 1. The first-order valence-electron chi connectivity index (χ1n) is 14.3. The van der Waals surface area contributed by atoms with Gasteiger partial charge < -0.3 is 19.3 Å². The van der Waals surface area contributed by atoms with E-state index in [1.54, 1.807) is 0 Å². The van der Waals surface area contributed by atoms with Gasteiger partial charge in [-0.1, -0.05) is 38.1 Å². The zero-order valence-corrected chi connectivity index (χ0v) is 26.6. The van der Waals surface area contributed by atoms with Crippen LogP contribution in [0.3, 0.4) is 0 Å². The van der Waals surface area contributed by atoms with E-state index >= 15 is 0 Å². The van der Waals surface area contributed by atoms with Crippen molar-refractivity contribution in [3.05, 3.63) is 59.7 Å². The topological polar surface area (TPSA) is 99.1 Å². The van der Waals surface area contributed by atoms with Gasteiger partial charge in [-0.2, -0.15) is 52.7 Å². The molecule has 50 heavy (non-hydrogen) atoms. The van der Waals surface area contributed by atoms with Crippen molar-refractivity contribution in [3.8, 4) is 11.5 Å². The monoisotopic (exact) mass is 742 g/mol. The maximum Gasteiger partial charge on any atom is 0.449 e. The molecule has 0 amide bonds. The average Bonchev–Trinajstić information content (AvgIpc) is 2.92. The van der Waals surface area contributed by atoms with Gasteiger partial charge in [0.05, 0.1) is 11.8 Å². The van der Waals surface area contributed by atoms with Crippen LogP contribution in [0.2, 0.25) is 0 Å². The number of esters is 3. The van der Waals surface area contributed by atoms with Gasteiger partial charge in [-0.05, 0) is 69.0 Å². The molecule has 0 aliphatic rings. The predicted molar refractivity (Wildman–Crippen MR) is 147 cm³/mol. The van der Waals surface area contributed by atoms with Crippen molar-refractivity contribution in [2.45, 2.75) is 88.8 Å². The van der Waals surface area contributed by atoms with Gasteiger partial charge in [-0.25, -0.2) is 4.79 Å². The molecule has 0 saturated carbocycles. The Morgan fingerprint density at radius 1 is 0.660 bits per heavy atom. The molecule has 0 aromatic heterocycles. The minimum atomic E-state index is -6.56. The summed E-state index contributed by atoms with van der Waals surface area (Å²) in [5, 5.41) is 9.40. The van der Waals surface area contributed by atoms with Gasteiger partial charge in [0, 0.05) is 0 Å². The lowest BCUT2D eigenvalue weighted by Crippen LogP contribution is -2.66. The standard InChI is InChI=1S/C31H30F12O7/c1-6-17(15-16(2)22(45)49-27(30(38,39)40,31(41,42)43)24(47)50-25(3,4)5)23(46)48-21-13-9-19(10-14-21)26(28(32,33)34,29(35,36)37)18-7-11-20(44)12-8-18/h7-14,16-17,44H,6,15H2,1-5H3. The van der Waals surface area contributed by atoms with E-state index < -0.39 is 100 Å². The largest absolute Gasteiger partial charge is 0.508 e. The molecule has 0 bridgehead atoms. The number of aromatic hydroxyl groups is 1. The number of phenols is 1. The fraction of sp³-hybridized carbons (Fsp3) is 0.516. The molecule has 2 atom stereocenters. The molecule has 2 aromatic rings. The van der Waals surface area contributed by atoms with E-state index in [1.165, 1.54) is 6.92 Å². The summed E-state index contributed by atoms with van der Waals surface area (Å²) in [7, 11) is 0. The van der Waals surface area contributed by atoms with Crippen molar-refractivity contribution < 1.29 is 86.4 Å². The lowest BCUT2D eigenvalue weighted by Gasteiger charge is -2.38. The highest BCUT2D eigenvalue weighted by Gasteiger charge is 2.81. The SMILES string of the molecule is CCC(CC(C)C(=O)OC(C(=O)OC(C)(C)C)(C(F)(F)F)C(F)(F)F)C(=O)Oc1ccc(C(c2ccc(O)cc2)(C(F)(F)F)C(F)(F)F)cc1. The number of rotatable bonds is 10. The normalized spacial score (nSPS) is 14.8. The number of halogens is 12. The molecule has 2 aromatic carbocycles. The minimum Gasteiger partial charge on any atom is -0.508 e. The molecule has 7 nitrogen and oxygen atoms in total. The van der Waals surface area contributed by atoms with Crippen molar-refractivity contribution in [2.75, 3.05) is 0 Å². The van der Waals surface area contributed by atoms with Crippen molar-refractivity contribution in [1.29, 1.82) is 0 Å². The summed E-state index contributed by atoms with van der Waals surface area (Å²) in [6.07, 6.45) is -26.2. The third-order valence-corrected chi connectivity index (χ3v) is 7.26. The van der Waals surface area contributed by atoms with Crippen LogP contribution >= 0.6 is 0 Å².